The maximum Gasteiger partial charge on any atom is 0.307 e. The number of carbonyl (C=O) groups is 1. The lowest BCUT2D eigenvalue weighted by Gasteiger charge is -2.08. The SMILES string of the molecule is Cc1ccc(C)c(NC(=O)c2cc(Cn3cc([N+](=O)[O-])cn3)cs2)c1. The normalized spacial score (nSPS) is 10.6. The van der Waals surface area contributed by atoms with Crippen molar-refractivity contribution in [2.24, 2.45) is 0 Å². The summed E-state index contributed by atoms with van der Waals surface area (Å²) in [5.41, 5.74) is 3.69. The molecule has 3 rings (SSSR count). The minimum Gasteiger partial charge on any atom is -0.321 e. The first-order valence-corrected chi connectivity index (χ1v) is 8.43. The van der Waals surface area contributed by atoms with Crippen LogP contribution in [-0.2, 0) is 6.54 Å². The molecule has 0 saturated heterocycles. The van der Waals surface area contributed by atoms with Crippen molar-refractivity contribution in [3.05, 3.63) is 73.7 Å². The standard InChI is InChI=1S/C17H16N4O3S/c1-11-3-4-12(2)15(5-11)19-17(22)16-6-13(10-25-16)8-20-9-14(7-18-20)21(23)24/h3-7,9-10H,8H2,1-2H3,(H,19,22). The Morgan fingerprint density at radius 3 is 2.88 bits per heavy atom. The molecular weight excluding hydrogens is 340 g/mol. The molecule has 0 aliphatic heterocycles. The van der Waals surface area contributed by atoms with Crippen molar-refractivity contribution in [2.45, 2.75) is 20.4 Å². The van der Waals surface area contributed by atoms with Gasteiger partial charge in [-0.25, -0.2) is 0 Å². The number of hydrogen-bond donors (Lipinski definition) is 1. The minimum absolute atomic E-state index is 0.0527. The van der Waals surface area contributed by atoms with Crippen LogP contribution in [0.5, 0.6) is 0 Å². The van der Waals surface area contributed by atoms with Gasteiger partial charge in [-0.15, -0.1) is 11.3 Å². The van der Waals surface area contributed by atoms with Crippen molar-refractivity contribution in [3.63, 3.8) is 0 Å². The second-order valence-electron chi connectivity index (χ2n) is 5.74. The second-order valence-corrected chi connectivity index (χ2v) is 6.66. The molecule has 1 aromatic carbocycles. The van der Waals surface area contributed by atoms with Gasteiger partial charge in [-0.1, -0.05) is 12.1 Å². The summed E-state index contributed by atoms with van der Waals surface area (Å²) in [5.74, 6) is -0.170. The van der Waals surface area contributed by atoms with Crippen LogP contribution in [0.4, 0.5) is 11.4 Å². The van der Waals surface area contributed by atoms with E-state index >= 15 is 0 Å². The Labute approximate surface area is 148 Å². The number of anilines is 1. The summed E-state index contributed by atoms with van der Waals surface area (Å²) in [7, 11) is 0. The van der Waals surface area contributed by atoms with Crippen LogP contribution in [0.15, 0.2) is 42.0 Å². The van der Waals surface area contributed by atoms with Crippen LogP contribution in [-0.4, -0.2) is 20.6 Å². The van der Waals surface area contributed by atoms with Gasteiger partial charge in [-0.3, -0.25) is 19.6 Å². The highest BCUT2D eigenvalue weighted by Crippen LogP contribution is 2.21. The highest BCUT2D eigenvalue weighted by Gasteiger charge is 2.13. The Morgan fingerprint density at radius 2 is 2.16 bits per heavy atom. The van der Waals surface area contributed by atoms with E-state index in [2.05, 4.69) is 10.4 Å². The van der Waals surface area contributed by atoms with Crippen LogP contribution in [0, 0.1) is 24.0 Å². The zero-order valence-electron chi connectivity index (χ0n) is 13.7. The highest BCUT2D eigenvalue weighted by atomic mass is 32.1. The summed E-state index contributed by atoms with van der Waals surface area (Å²) >= 11 is 1.33. The monoisotopic (exact) mass is 356 g/mol. The highest BCUT2D eigenvalue weighted by molar-refractivity contribution is 7.12. The maximum absolute atomic E-state index is 12.4. The molecule has 1 amide bonds. The number of benzene rings is 1. The molecule has 0 saturated carbocycles. The van der Waals surface area contributed by atoms with Gasteiger partial charge in [0.2, 0.25) is 0 Å². The molecule has 0 fully saturated rings. The van der Waals surface area contributed by atoms with Gasteiger partial charge in [0.15, 0.2) is 0 Å². The third-order valence-corrected chi connectivity index (χ3v) is 4.67. The van der Waals surface area contributed by atoms with Crippen LogP contribution in [0.1, 0.15) is 26.4 Å². The number of nitro groups is 1. The van der Waals surface area contributed by atoms with Crippen molar-refractivity contribution in [1.82, 2.24) is 9.78 Å². The summed E-state index contributed by atoms with van der Waals surface area (Å²) in [4.78, 5) is 23.2. The molecule has 0 aliphatic rings. The van der Waals surface area contributed by atoms with Crippen LogP contribution in [0.25, 0.3) is 0 Å². The smallest absolute Gasteiger partial charge is 0.307 e. The zero-order chi connectivity index (χ0) is 18.0. The van der Waals surface area contributed by atoms with E-state index in [0.717, 1.165) is 22.4 Å². The second kappa shape index (κ2) is 6.86. The van der Waals surface area contributed by atoms with Crippen molar-refractivity contribution in [2.75, 3.05) is 5.32 Å². The summed E-state index contributed by atoms with van der Waals surface area (Å²) in [5, 5.41) is 19.4. The van der Waals surface area contributed by atoms with E-state index in [0.29, 0.717) is 11.4 Å². The molecule has 0 unspecified atom stereocenters. The van der Waals surface area contributed by atoms with Gasteiger partial charge in [0.1, 0.15) is 12.4 Å². The zero-order valence-corrected chi connectivity index (χ0v) is 14.5. The molecular formula is C17H16N4O3S. The van der Waals surface area contributed by atoms with E-state index in [1.807, 2.05) is 37.4 Å². The van der Waals surface area contributed by atoms with Crippen LogP contribution in [0.2, 0.25) is 0 Å². The first-order valence-electron chi connectivity index (χ1n) is 7.55. The van der Waals surface area contributed by atoms with Crippen molar-refractivity contribution >= 4 is 28.6 Å². The molecule has 1 N–H and O–H groups in total. The Bertz CT molecular complexity index is 945. The average molecular weight is 356 g/mol. The lowest BCUT2D eigenvalue weighted by molar-refractivity contribution is -0.385. The Balaban J connectivity index is 1.70. The number of amides is 1. The Hall–Kier alpha value is -3.00. The van der Waals surface area contributed by atoms with Crippen LogP contribution < -0.4 is 5.32 Å². The predicted octanol–water partition coefficient (Wildman–Crippen LogP) is 3.77. The van der Waals surface area contributed by atoms with E-state index in [1.165, 1.54) is 28.4 Å². The molecule has 3 aromatic rings. The predicted molar refractivity (Wildman–Crippen MR) is 96.2 cm³/mol. The molecule has 0 bridgehead atoms. The van der Waals surface area contributed by atoms with Gasteiger partial charge in [-0.2, -0.15) is 5.10 Å². The summed E-state index contributed by atoms with van der Waals surface area (Å²) in [6.07, 6.45) is 2.58. The maximum atomic E-state index is 12.4. The Morgan fingerprint density at radius 1 is 1.36 bits per heavy atom. The van der Waals surface area contributed by atoms with Crippen molar-refractivity contribution < 1.29 is 9.72 Å². The molecule has 0 spiro atoms. The van der Waals surface area contributed by atoms with Gasteiger partial charge < -0.3 is 5.32 Å². The molecule has 8 heteroatoms. The van der Waals surface area contributed by atoms with Crippen LogP contribution >= 0.6 is 11.3 Å². The molecule has 2 aromatic heterocycles. The van der Waals surface area contributed by atoms with Gasteiger partial charge in [0, 0.05) is 5.69 Å². The number of hydrogen-bond acceptors (Lipinski definition) is 5. The van der Waals surface area contributed by atoms with Crippen molar-refractivity contribution in [1.29, 1.82) is 0 Å². The lowest BCUT2D eigenvalue weighted by Crippen LogP contribution is -2.11. The number of thiophene rings is 1. The summed E-state index contributed by atoms with van der Waals surface area (Å²) in [6.45, 7) is 4.29. The number of nitrogens with one attached hydrogen (secondary N) is 1. The Kier molecular flexibility index (Phi) is 4.62. The fraction of sp³-hybridized carbons (Fsp3) is 0.176. The van der Waals surface area contributed by atoms with E-state index in [1.54, 1.807) is 6.07 Å². The fourth-order valence-corrected chi connectivity index (χ4v) is 3.15. The molecule has 0 aliphatic carbocycles. The van der Waals surface area contributed by atoms with Gasteiger partial charge in [-0.05, 0) is 48.1 Å². The number of rotatable bonds is 5. The lowest BCUT2D eigenvalue weighted by atomic mass is 10.1. The first kappa shape index (κ1) is 16.8. The van der Waals surface area contributed by atoms with E-state index in [-0.39, 0.29) is 11.6 Å². The molecule has 0 radical (unpaired) electrons. The van der Waals surface area contributed by atoms with Gasteiger partial charge in [0.05, 0.1) is 16.3 Å². The van der Waals surface area contributed by atoms with E-state index in [9.17, 15) is 14.9 Å². The molecule has 2 heterocycles. The van der Waals surface area contributed by atoms with Crippen molar-refractivity contribution in [3.8, 4) is 0 Å². The number of carbonyl (C=O) groups excluding carboxylic acids is 1. The summed E-state index contributed by atoms with van der Waals surface area (Å²) in [6, 6.07) is 7.68. The quantitative estimate of drug-likeness (QED) is 0.556. The average Bonchev–Trinajstić information content (AvgIpc) is 3.21. The number of aryl methyl sites for hydroxylation is 2. The summed E-state index contributed by atoms with van der Waals surface area (Å²) < 4.78 is 1.48. The van der Waals surface area contributed by atoms with Gasteiger partial charge in [0.25, 0.3) is 5.91 Å². The molecule has 128 valence electrons. The van der Waals surface area contributed by atoms with Crippen LogP contribution in [0.3, 0.4) is 0 Å². The number of aromatic nitrogens is 2. The van der Waals surface area contributed by atoms with E-state index in [4.69, 9.17) is 0 Å². The first-order chi connectivity index (χ1) is 11.9. The largest absolute Gasteiger partial charge is 0.321 e. The molecule has 7 nitrogen and oxygen atoms in total. The van der Waals surface area contributed by atoms with Gasteiger partial charge >= 0.3 is 5.69 Å². The topological polar surface area (TPSA) is 90.1 Å². The third-order valence-electron chi connectivity index (χ3n) is 3.69. The molecule has 0 atom stereocenters. The number of nitrogens with zero attached hydrogens (tertiary/aromatic N) is 3. The molecule has 25 heavy (non-hydrogen) atoms. The third kappa shape index (κ3) is 3.92. The fourth-order valence-electron chi connectivity index (χ4n) is 2.35. The minimum atomic E-state index is -0.486. The van der Waals surface area contributed by atoms with E-state index < -0.39 is 4.92 Å².